The van der Waals surface area contributed by atoms with Crippen molar-refractivity contribution in [3.05, 3.63) is 115 Å². The van der Waals surface area contributed by atoms with Crippen molar-refractivity contribution >= 4 is 23.2 Å². The molecule has 0 aromatic heterocycles. The summed E-state index contributed by atoms with van der Waals surface area (Å²) in [6.07, 6.45) is 0.868. The van der Waals surface area contributed by atoms with Gasteiger partial charge in [-0.25, -0.2) is 0 Å². The fourth-order valence-corrected chi connectivity index (χ4v) is 7.87. The number of hydrogen-bond acceptors (Lipinski definition) is 2. The molecule has 0 radical (unpaired) electrons. The molecule has 0 bridgehead atoms. The van der Waals surface area contributed by atoms with E-state index in [1.165, 1.54) is 21.5 Å². The molecule has 2 N–H and O–H groups in total. The summed E-state index contributed by atoms with van der Waals surface area (Å²) in [6.45, 7) is 0. The predicted molar refractivity (Wildman–Crippen MR) is 119 cm³/mol. The zero-order valence-corrected chi connectivity index (χ0v) is 16.3. The smallest absolute Gasteiger partial charge is 0.116 e. The molecule has 2 nitrogen and oxygen atoms in total. The molecular weight excluding hydrogens is 363 g/mol. The number of phenolic OH excluding ortho intramolecular Hbond substituents is 2. The highest BCUT2D eigenvalue weighted by Gasteiger charge is 2.45. The molecule has 0 heterocycles. The van der Waals surface area contributed by atoms with Crippen LogP contribution in [0.15, 0.2) is 109 Å². The highest BCUT2D eigenvalue weighted by atomic mass is 31.2. The molecule has 4 aromatic rings. The van der Waals surface area contributed by atoms with Gasteiger partial charge in [-0.1, -0.05) is 48.5 Å². The van der Waals surface area contributed by atoms with Gasteiger partial charge in [0.05, 0.1) is 6.16 Å². The molecule has 0 aliphatic heterocycles. The van der Waals surface area contributed by atoms with E-state index in [0.29, 0.717) is 0 Å². The van der Waals surface area contributed by atoms with Crippen molar-refractivity contribution in [3.8, 4) is 11.5 Å². The maximum absolute atomic E-state index is 9.87. The van der Waals surface area contributed by atoms with E-state index in [1.54, 1.807) is 24.3 Å². The van der Waals surface area contributed by atoms with Gasteiger partial charge in [-0.15, -0.1) is 0 Å². The van der Waals surface area contributed by atoms with Crippen molar-refractivity contribution in [2.24, 2.45) is 0 Å². The number of benzene rings is 4. The molecule has 0 aliphatic rings. The first kappa shape index (κ1) is 18.3. The van der Waals surface area contributed by atoms with Crippen LogP contribution in [0.4, 0.5) is 0 Å². The van der Waals surface area contributed by atoms with Gasteiger partial charge in [-0.3, -0.25) is 0 Å². The molecule has 0 fully saturated rings. The van der Waals surface area contributed by atoms with E-state index in [0.717, 1.165) is 6.16 Å². The lowest BCUT2D eigenvalue weighted by Crippen LogP contribution is -2.32. The fourth-order valence-electron chi connectivity index (χ4n) is 3.68. The average molecular weight is 385 g/mol. The van der Waals surface area contributed by atoms with E-state index < -0.39 is 7.26 Å². The highest BCUT2D eigenvalue weighted by Crippen LogP contribution is 2.58. The Balaban J connectivity index is 2.01. The Morgan fingerprint density at radius 1 is 0.464 bits per heavy atom. The van der Waals surface area contributed by atoms with Crippen LogP contribution >= 0.6 is 7.26 Å². The van der Waals surface area contributed by atoms with Gasteiger partial charge in [0.2, 0.25) is 0 Å². The second-order valence-electron chi connectivity index (χ2n) is 6.82. The minimum Gasteiger partial charge on any atom is -0.508 e. The summed E-state index contributed by atoms with van der Waals surface area (Å²) in [5.41, 5.74) is 1.26. The lowest BCUT2D eigenvalue weighted by atomic mass is 10.2. The van der Waals surface area contributed by atoms with Crippen molar-refractivity contribution in [3.63, 3.8) is 0 Å². The molecule has 0 unspecified atom stereocenters. The second kappa shape index (κ2) is 7.88. The van der Waals surface area contributed by atoms with E-state index >= 15 is 0 Å². The van der Waals surface area contributed by atoms with Crippen LogP contribution in [0.5, 0.6) is 11.5 Å². The third kappa shape index (κ3) is 3.52. The van der Waals surface area contributed by atoms with Gasteiger partial charge in [-0.05, 0) is 66.2 Å². The van der Waals surface area contributed by atoms with Gasteiger partial charge in [-0.2, -0.15) is 0 Å². The van der Waals surface area contributed by atoms with Crippen LogP contribution in [0.3, 0.4) is 0 Å². The largest absolute Gasteiger partial charge is 0.508 e. The van der Waals surface area contributed by atoms with Crippen molar-refractivity contribution in [1.82, 2.24) is 0 Å². The van der Waals surface area contributed by atoms with Gasteiger partial charge in [0.25, 0.3) is 0 Å². The minimum atomic E-state index is -2.04. The summed E-state index contributed by atoms with van der Waals surface area (Å²) < 4.78 is 0. The van der Waals surface area contributed by atoms with Crippen molar-refractivity contribution < 1.29 is 10.2 Å². The van der Waals surface area contributed by atoms with Gasteiger partial charge >= 0.3 is 0 Å². The lowest BCUT2D eigenvalue weighted by molar-refractivity contribution is 0.475. The maximum atomic E-state index is 9.87. The van der Waals surface area contributed by atoms with Crippen LogP contribution in [0.25, 0.3) is 0 Å². The Morgan fingerprint density at radius 3 is 1.32 bits per heavy atom. The third-order valence-corrected chi connectivity index (χ3v) is 9.42. The molecule has 0 aliphatic carbocycles. The van der Waals surface area contributed by atoms with Crippen molar-refractivity contribution in [1.29, 1.82) is 0 Å². The zero-order valence-electron chi connectivity index (χ0n) is 15.4. The summed E-state index contributed by atoms with van der Waals surface area (Å²) in [5, 5.41) is 23.4. The number of aromatic hydroxyl groups is 2. The predicted octanol–water partition coefficient (Wildman–Crippen LogP) is 4.59. The molecule has 138 valence electrons. The number of rotatable bonds is 5. The third-order valence-electron chi connectivity index (χ3n) is 5.04. The molecule has 4 rings (SSSR count). The van der Waals surface area contributed by atoms with Gasteiger partial charge in [0.15, 0.2) is 0 Å². The Kier molecular flexibility index (Phi) is 5.14. The van der Waals surface area contributed by atoms with E-state index in [-0.39, 0.29) is 11.5 Å². The van der Waals surface area contributed by atoms with Crippen LogP contribution in [-0.4, -0.2) is 10.2 Å². The molecule has 4 aromatic carbocycles. The Hall–Kier alpha value is -3.09. The molecule has 0 saturated heterocycles. The van der Waals surface area contributed by atoms with Crippen molar-refractivity contribution in [2.75, 3.05) is 0 Å². The molecule has 28 heavy (non-hydrogen) atoms. The maximum Gasteiger partial charge on any atom is 0.116 e. The van der Waals surface area contributed by atoms with Crippen LogP contribution in [0, 0.1) is 0 Å². The summed E-state index contributed by atoms with van der Waals surface area (Å²) in [7, 11) is -2.04. The molecule has 0 amide bonds. The fraction of sp³-hybridized carbons (Fsp3) is 0.0400. The Bertz CT molecular complexity index is 982. The molecule has 0 spiro atoms. The topological polar surface area (TPSA) is 40.5 Å². The van der Waals surface area contributed by atoms with E-state index in [1.807, 2.05) is 36.4 Å². The monoisotopic (exact) mass is 385 g/mol. The molecule has 0 saturated carbocycles. The van der Waals surface area contributed by atoms with E-state index in [2.05, 4.69) is 48.5 Å². The van der Waals surface area contributed by atoms with E-state index in [9.17, 15) is 10.2 Å². The normalized spacial score (nSPS) is 11.3. The Labute approximate surface area is 166 Å². The molecular formula is C25H22O2P+. The summed E-state index contributed by atoms with van der Waals surface area (Å²) in [4.78, 5) is 0. The lowest BCUT2D eigenvalue weighted by Gasteiger charge is -2.28. The highest BCUT2D eigenvalue weighted by molar-refractivity contribution is 7.95. The standard InChI is InChI=1S/C25H21O2P/c26-21-11-15-24(16-12-21)28(23-9-5-2-6-10-23,19-20-7-3-1-4-8-20)25-17-13-22(27)14-18-25/h1-18H,19H2,(H-,26,27)/p+1. The summed E-state index contributed by atoms with van der Waals surface area (Å²) in [6, 6.07) is 36.3. The SMILES string of the molecule is Oc1ccc([P+](Cc2ccccc2)(c2ccccc2)c2ccc(O)cc2)cc1. The van der Waals surface area contributed by atoms with Gasteiger partial charge < -0.3 is 10.2 Å². The summed E-state index contributed by atoms with van der Waals surface area (Å²) >= 11 is 0. The summed E-state index contributed by atoms with van der Waals surface area (Å²) in [5.74, 6) is 0.528. The average Bonchev–Trinajstić information content (AvgIpc) is 2.75. The Morgan fingerprint density at radius 2 is 0.857 bits per heavy atom. The molecule has 0 atom stereocenters. The number of hydrogen-bond donors (Lipinski definition) is 2. The van der Waals surface area contributed by atoms with Gasteiger partial charge in [0, 0.05) is 0 Å². The first-order chi connectivity index (χ1) is 13.7. The van der Waals surface area contributed by atoms with Crippen LogP contribution in [0.1, 0.15) is 5.56 Å². The zero-order chi connectivity index (χ0) is 19.4. The minimum absolute atomic E-state index is 0.264. The van der Waals surface area contributed by atoms with Crippen molar-refractivity contribution in [2.45, 2.75) is 6.16 Å². The number of phenols is 2. The molecule has 3 heteroatoms. The van der Waals surface area contributed by atoms with Crippen LogP contribution in [0.2, 0.25) is 0 Å². The van der Waals surface area contributed by atoms with E-state index in [4.69, 9.17) is 0 Å². The first-order valence-corrected chi connectivity index (χ1v) is 11.2. The van der Waals surface area contributed by atoms with Gasteiger partial charge in [0.1, 0.15) is 34.7 Å². The quantitative estimate of drug-likeness (QED) is 0.493. The van der Waals surface area contributed by atoms with Crippen LogP contribution < -0.4 is 15.9 Å². The van der Waals surface area contributed by atoms with Crippen LogP contribution in [-0.2, 0) is 6.16 Å². The second-order valence-corrected chi connectivity index (χ2v) is 10.3. The first-order valence-electron chi connectivity index (χ1n) is 9.25.